The lowest BCUT2D eigenvalue weighted by molar-refractivity contribution is -0.154. The topological polar surface area (TPSA) is 86.7 Å². The third kappa shape index (κ3) is 2.73. The Labute approximate surface area is 92.6 Å². The van der Waals surface area contributed by atoms with Gasteiger partial charge in [-0.05, 0) is 0 Å². The molecule has 2 N–H and O–H groups in total. The minimum atomic E-state index is -1.13. The summed E-state index contributed by atoms with van der Waals surface area (Å²) in [5, 5.41) is 11.3. The number of hydrogen-bond donors (Lipinski definition) is 2. The first-order valence-corrected chi connectivity index (χ1v) is 4.78. The van der Waals surface area contributed by atoms with Gasteiger partial charge in [0.15, 0.2) is 0 Å². The molecule has 1 rings (SSSR count). The second-order valence-corrected chi connectivity index (χ2v) is 3.38. The number of terminal acetylenes is 1. The summed E-state index contributed by atoms with van der Waals surface area (Å²) in [6.45, 7) is -0.281. The molecule has 1 saturated heterocycles. The number of nitrogens with zero attached hydrogens (tertiary/aromatic N) is 1. The number of aliphatic carboxylic acids is 1. The Morgan fingerprint density at radius 1 is 1.62 bits per heavy atom. The normalized spacial score (nSPS) is 19.8. The van der Waals surface area contributed by atoms with Crippen LogP contribution in [-0.4, -0.2) is 46.9 Å². The number of piperazine rings is 1. The Kier molecular flexibility index (Phi) is 3.89. The molecule has 1 aliphatic rings. The SMILES string of the molecule is C#CCCC(=O)N1CC(=O)NCC1C(=O)O. The predicted molar refractivity (Wildman–Crippen MR) is 54.2 cm³/mol. The third-order valence-corrected chi connectivity index (χ3v) is 2.27. The van der Waals surface area contributed by atoms with Crippen LogP contribution in [0.4, 0.5) is 0 Å². The number of amides is 2. The van der Waals surface area contributed by atoms with Crippen LogP contribution in [0, 0.1) is 12.3 Å². The maximum absolute atomic E-state index is 11.6. The highest BCUT2D eigenvalue weighted by atomic mass is 16.4. The van der Waals surface area contributed by atoms with Gasteiger partial charge < -0.3 is 15.3 Å². The molecule has 1 fully saturated rings. The fraction of sp³-hybridized carbons (Fsp3) is 0.500. The zero-order valence-corrected chi connectivity index (χ0v) is 8.60. The molecule has 0 aromatic heterocycles. The Bertz CT molecular complexity index is 358. The van der Waals surface area contributed by atoms with Gasteiger partial charge in [0, 0.05) is 19.4 Å². The predicted octanol–water partition coefficient (Wildman–Crippen LogP) is -1.19. The minimum absolute atomic E-state index is 0.0596. The molecule has 1 atom stereocenters. The Balaban J connectivity index is 2.71. The van der Waals surface area contributed by atoms with E-state index in [1.807, 2.05) is 0 Å². The van der Waals surface area contributed by atoms with E-state index in [1.54, 1.807) is 0 Å². The molecule has 0 saturated carbocycles. The lowest BCUT2D eigenvalue weighted by Gasteiger charge is -2.32. The van der Waals surface area contributed by atoms with Crippen LogP contribution < -0.4 is 5.32 Å². The summed E-state index contributed by atoms with van der Waals surface area (Å²) in [5.41, 5.74) is 0. The van der Waals surface area contributed by atoms with E-state index < -0.39 is 17.9 Å². The van der Waals surface area contributed by atoms with Crippen LogP contribution in [0.1, 0.15) is 12.8 Å². The fourth-order valence-electron chi connectivity index (χ4n) is 1.45. The molecular weight excluding hydrogens is 212 g/mol. The summed E-state index contributed by atoms with van der Waals surface area (Å²) in [4.78, 5) is 34.6. The molecule has 0 aliphatic carbocycles. The number of carboxylic acid groups (broad SMARTS) is 1. The maximum atomic E-state index is 11.6. The molecule has 0 spiro atoms. The van der Waals surface area contributed by atoms with Crippen LogP contribution in [0.3, 0.4) is 0 Å². The summed E-state index contributed by atoms with van der Waals surface area (Å²) in [6.07, 6.45) is 5.31. The van der Waals surface area contributed by atoms with Crippen LogP contribution in [0.15, 0.2) is 0 Å². The van der Waals surface area contributed by atoms with E-state index in [4.69, 9.17) is 11.5 Å². The van der Waals surface area contributed by atoms with E-state index in [-0.39, 0.29) is 31.8 Å². The first kappa shape index (κ1) is 12.0. The second kappa shape index (κ2) is 5.16. The highest BCUT2D eigenvalue weighted by Crippen LogP contribution is 2.07. The third-order valence-electron chi connectivity index (χ3n) is 2.27. The number of carbonyl (C=O) groups excluding carboxylic acids is 2. The molecule has 0 bridgehead atoms. The average Bonchev–Trinajstić information content (AvgIpc) is 2.25. The number of carboxylic acids is 1. The molecule has 0 radical (unpaired) electrons. The van der Waals surface area contributed by atoms with Crippen molar-refractivity contribution in [2.45, 2.75) is 18.9 Å². The molecule has 1 heterocycles. The van der Waals surface area contributed by atoms with Crippen molar-refractivity contribution in [2.75, 3.05) is 13.1 Å². The van der Waals surface area contributed by atoms with Crippen molar-refractivity contribution in [1.82, 2.24) is 10.2 Å². The van der Waals surface area contributed by atoms with E-state index in [1.165, 1.54) is 0 Å². The van der Waals surface area contributed by atoms with Crippen molar-refractivity contribution >= 4 is 17.8 Å². The summed E-state index contributed by atoms with van der Waals surface area (Å²) in [6, 6.07) is -0.997. The van der Waals surface area contributed by atoms with E-state index >= 15 is 0 Å². The van der Waals surface area contributed by atoms with Crippen LogP contribution in [0.5, 0.6) is 0 Å². The molecule has 86 valence electrons. The highest BCUT2D eigenvalue weighted by Gasteiger charge is 2.34. The molecule has 16 heavy (non-hydrogen) atoms. The lowest BCUT2D eigenvalue weighted by atomic mass is 10.1. The largest absolute Gasteiger partial charge is 0.480 e. The Morgan fingerprint density at radius 3 is 2.88 bits per heavy atom. The van der Waals surface area contributed by atoms with Gasteiger partial charge in [-0.15, -0.1) is 12.3 Å². The monoisotopic (exact) mass is 224 g/mol. The average molecular weight is 224 g/mol. The van der Waals surface area contributed by atoms with Crippen LogP contribution in [0.2, 0.25) is 0 Å². The maximum Gasteiger partial charge on any atom is 0.328 e. The van der Waals surface area contributed by atoms with Crippen molar-refractivity contribution < 1.29 is 19.5 Å². The van der Waals surface area contributed by atoms with Crippen molar-refractivity contribution in [3.05, 3.63) is 0 Å². The highest BCUT2D eigenvalue weighted by molar-refractivity contribution is 5.91. The molecular formula is C10H12N2O4. The number of hydrogen-bond acceptors (Lipinski definition) is 3. The number of nitrogens with one attached hydrogen (secondary N) is 1. The van der Waals surface area contributed by atoms with Gasteiger partial charge in [-0.1, -0.05) is 0 Å². The number of carbonyl (C=O) groups is 3. The quantitative estimate of drug-likeness (QED) is 0.590. The molecule has 2 amide bonds. The van der Waals surface area contributed by atoms with Crippen molar-refractivity contribution in [1.29, 1.82) is 0 Å². The Hall–Kier alpha value is -2.03. The molecule has 1 aliphatic heterocycles. The molecule has 6 heteroatoms. The van der Waals surface area contributed by atoms with E-state index in [9.17, 15) is 14.4 Å². The van der Waals surface area contributed by atoms with E-state index in [0.29, 0.717) is 0 Å². The standard InChI is InChI=1S/C10H12N2O4/c1-2-3-4-9(14)12-6-8(13)11-5-7(12)10(15)16/h1,7H,3-6H2,(H,11,13)(H,15,16). The van der Waals surface area contributed by atoms with Crippen molar-refractivity contribution in [3.8, 4) is 12.3 Å². The Morgan fingerprint density at radius 2 is 2.31 bits per heavy atom. The summed E-state index contributed by atoms with van der Waals surface area (Å²) in [7, 11) is 0. The minimum Gasteiger partial charge on any atom is -0.480 e. The summed E-state index contributed by atoms with van der Waals surface area (Å²) in [5.74, 6) is 0.409. The zero-order chi connectivity index (χ0) is 12.1. The van der Waals surface area contributed by atoms with Gasteiger partial charge >= 0.3 is 5.97 Å². The zero-order valence-electron chi connectivity index (χ0n) is 8.60. The summed E-state index contributed by atoms with van der Waals surface area (Å²) < 4.78 is 0. The number of rotatable bonds is 3. The van der Waals surface area contributed by atoms with Crippen molar-refractivity contribution in [2.24, 2.45) is 0 Å². The van der Waals surface area contributed by atoms with Gasteiger partial charge in [-0.3, -0.25) is 9.59 Å². The van der Waals surface area contributed by atoms with Crippen LogP contribution in [-0.2, 0) is 14.4 Å². The van der Waals surface area contributed by atoms with Gasteiger partial charge in [0.05, 0.1) is 0 Å². The van der Waals surface area contributed by atoms with E-state index in [2.05, 4.69) is 11.2 Å². The van der Waals surface area contributed by atoms with Gasteiger partial charge in [-0.25, -0.2) is 4.79 Å². The van der Waals surface area contributed by atoms with Crippen LogP contribution in [0.25, 0.3) is 0 Å². The molecule has 6 nitrogen and oxygen atoms in total. The van der Waals surface area contributed by atoms with Gasteiger partial charge in [-0.2, -0.15) is 0 Å². The second-order valence-electron chi connectivity index (χ2n) is 3.38. The summed E-state index contributed by atoms with van der Waals surface area (Å²) >= 11 is 0. The molecule has 1 unspecified atom stereocenters. The van der Waals surface area contributed by atoms with Gasteiger partial charge in [0.2, 0.25) is 11.8 Å². The van der Waals surface area contributed by atoms with Crippen molar-refractivity contribution in [3.63, 3.8) is 0 Å². The smallest absolute Gasteiger partial charge is 0.328 e. The van der Waals surface area contributed by atoms with E-state index in [0.717, 1.165) is 4.90 Å². The molecule has 0 aromatic rings. The first-order valence-electron chi connectivity index (χ1n) is 4.78. The lowest BCUT2D eigenvalue weighted by Crippen LogP contribution is -2.59. The van der Waals surface area contributed by atoms with Gasteiger partial charge in [0.25, 0.3) is 0 Å². The first-order chi connectivity index (χ1) is 7.56. The fourth-order valence-corrected chi connectivity index (χ4v) is 1.45. The molecule has 0 aromatic carbocycles. The van der Waals surface area contributed by atoms with Gasteiger partial charge in [0.1, 0.15) is 12.6 Å². The van der Waals surface area contributed by atoms with Crippen LogP contribution >= 0.6 is 0 Å².